The number of carbonyl (C=O) groups excluding carboxylic acids is 1. The molecular weight excluding hydrogens is 287 g/mol. The zero-order valence-corrected chi connectivity index (χ0v) is 12.6. The number of nitrogens with two attached hydrogens (primary N) is 1. The van der Waals surface area contributed by atoms with E-state index in [2.05, 4.69) is 0 Å². The van der Waals surface area contributed by atoms with E-state index in [9.17, 15) is 4.79 Å². The third-order valence-electron chi connectivity index (χ3n) is 3.12. The summed E-state index contributed by atoms with van der Waals surface area (Å²) in [5.41, 5.74) is 6.57. The number of carbonyl (C=O) groups is 1. The Bertz CT molecular complexity index is 476. The van der Waals surface area contributed by atoms with Gasteiger partial charge in [-0.15, -0.1) is 12.4 Å². The summed E-state index contributed by atoms with van der Waals surface area (Å²) >= 11 is 5.96. The Morgan fingerprint density at radius 3 is 2.68 bits per heavy atom. The molecule has 1 amide bonds. The number of methoxy groups -OCH3 is 1. The zero-order chi connectivity index (χ0) is 13.3. The second kappa shape index (κ2) is 6.35. The Balaban J connectivity index is 0.00000180. The second-order valence-electron chi connectivity index (χ2n) is 4.70. The summed E-state index contributed by atoms with van der Waals surface area (Å²) in [7, 11) is 3.31. The summed E-state index contributed by atoms with van der Waals surface area (Å²) in [5, 5.41) is 0.374. The standard InChI is InChI=1S/C13H17ClN2O2.ClH/c1-16(7-8-3-4-8)13(17)9-5-10(14)11(15)6-12(9)18-2;/h5-6,8H,3-4,7,15H2,1-2H3;1H. The monoisotopic (exact) mass is 304 g/mol. The highest BCUT2D eigenvalue weighted by atomic mass is 35.5. The molecule has 1 saturated carbocycles. The van der Waals surface area contributed by atoms with Crippen LogP contribution in [0.4, 0.5) is 5.69 Å². The van der Waals surface area contributed by atoms with E-state index in [1.165, 1.54) is 20.0 Å². The second-order valence-corrected chi connectivity index (χ2v) is 5.11. The summed E-state index contributed by atoms with van der Waals surface area (Å²) < 4.78 is 5.19. The fourth-order valence-electron chi connectivity index (χ4n) is 1.88. The van der Waals surface area contributed by atoms with Crippen molar-refractivity contribution >= 4 is 35.6 Å². The van der Waals surface area contributed by atoms with Gasteiger partial charge >= 0.3 is 0 Å². The van der Waals surface area contributed by atoms with E-state index < -0.39 is 0 Å². The molecule has 0 radical (unpaired) electrons. The molecule has 0 aliphatic heterocycles. The van der Waals surface area contributed by atoms with Crippen molar-refractivity contribution in [3.8, 4) is 5.75 Å². The molecule has 19 heavy (non-hydrogen) atoms. The molecule has 106 valence electrons. The molecule has 0 saturated heterocycles. The van der Waals surface area contributed by atoms with Gasteiger partial charge in [-0.1, -0.05) is 11.6 Å². The van der Waals surface area contributed by atoms with Gasteiger partial charge in [0.05, 0.1) is 23.4 Å². The Morgan fingerprint density at radius 2 is 2.16 bits per heavy atom. The first kappa shape index (κ1) is 15.9. The summed E-state index contributed by atoms with van der Waals surface area (Å²) in [5.74, 6) is 1.03. The van der Waals surface area contributed by atoms with Crippen molar-refractivity contribution in [2.24, 2.45) is 5.92 Å². The number of nitrogens with zero attached hydrogens (tertiary/aromatic N) is 1. The average molecular weight is 305 g/mol. The van der Waals surface area contributed by atoms with Crippen LogP contribution in [0.3, 0.4) is 0 Å². The number of halogens is 2. The highest BCUT2D eigenvalue weighted by Gasteiger charge is 2.26. The van der Waals surface area contributed by atoms with E-state index in [1.807, 2.05) is 0 Å². The van der Waals surface area contributed by atoms with Crippen molar-refractivity contribution in [3.63, 3.8) is 0 Å². The van der Waals surface area contributed by atoms with Gasteiger partial charge in [-0.25, -0.2) is 0 Å². The third kappa shape index (κ3) is 3.67. The van der Waals surface area contributed by atoms with E-state index in [-0.39, 0.29) is 18.3 Å². The number of anilines is 1. The van der Waals surface area contributed by atoms with Crippen LogP contribution in [0, 0.1) is 5.92 Å². The zero-order valence-electron chi connectivity index (χ0n) is 11.0. The molecule has 1 aromatic rings. The van der Waals surface area contributed by atoms with Gasteiger partial charge in [0.2, 0.25) is 0 Å². The maximum atomic E-state index is 12.3. The lowest BCUT2D eigenvalue weighted by atomic mass is 10.1. The molecule has 4 nitrogen and oxygen atoms in total. The van der Waals surface area contributed by atoms with Gasteiger partial charge < -0.3 is 15.4 Å². The van der Waals surface area contributed by atoms with E-state index in [1.54, 1.807) is 24.1 Å². The van der Waals surface area contributed by atoms with Crippen molar-refractivity contribution in [1.82, 2.24) is 4.90 Å². The molecule has 0 bridgehead atoms. The van der Waals surface area contributed by atoms with E-state index in [0.29, 0.717) is 27.9 Å². The number of nitrogen functional groups attached to an aromatic ring is 1. The van der Waals surface area contributed by atoms with Crippen LogP contribution < -0.4 is 10.5 Å². The van der Waals surface area contributed by atoms with Gasteiger partial charge in [-0.2, -0.15) is 0 Å². The van der Waals surface area contributed by atoms with Gasteiger partial charge in [0.15, 0.2) is 0 Å². The quantitative estimate of drug-likeness (QED) is 0.870. The average Bonchev–Trinajstić information content (AvgIpc) is 3.15. The lowest BCUT2D eigenvalue weighted by Gasteiger charge is -2.19. The maximum absolute atomic E-state index is 12.3. The SMILES string of the molecule is COc1cc(N)c(Cl)cc1C(=O)N(C)CC1CC1.Cl. The normalized spacial score (nSPS) is 13.6. The van der Waals surface area contributed by atoms with Crippen molar-refractivity contribution in [1.29, 1.82) is 0 Å². The Hall–Kier alpha value is -1.13. The molecule has 0 atom stereocenters. The number of benzene rings is 1. The first-order valence-electron chi connectivity index (χ1n) is 5.91. The van der Waals surface area contributed by atoms with Crippen molar-refractivity contribution in [3.05, 3.63) is 22.7 Å². The van der Waals surface area contributed by atoms with Crippen LogP contribution in [0.1, 0.15) is 23.2 Å². The number of rotatable bonds is 4. The van der Waals surface area contributed by atoms with Crippen LogP contribution in [-0.2, 0) is 0 Å². The van der Waals surface area contributed by atoms with Gasteiger partial charge in [0, 0.05) is 19.7 Å². The first-order chi connectivity index (χ1) is 8.52. The predicted molar refractivity (Wildman–Crippen MR) is 79.3 cm³/mol. The Kier molecular flexibility index (Phi) is 5.32. The topological polar surface area (TPSA) is 55.6 Å². The minimum absolute atomic E-state index is 0. The highest BCUT2D eigenvalue weighted by Crippen LogP contribution is 2.32. The van der Waals surface area contributed by atoms with Gasteiger partial charge in [0.1, 0.15) is 5.75 Å². The molecule has 0 spiro atoms. The lowest BCUT2D eigenvalue weighted by Crippen LogP contribution is -2.29. The van der Waals surface area contributed by atoms with Crippen molar-refractivity contribution < 1.29 is 9.53 Å². The molecule has 6 heteroatoms. The molecule has 1 aliphatic carbocycles. The minimum atomic E-state index is -0.0827. The fourth-order valence-corrected chi connectivity index (χ4v) is 2.05. The third-order valence-corrected chi connectivity index (χ3v) is 3.45. The molecule has 1 aromatic carbocycles. The van der Waals surface area contributed by atoms with Crippen LogP contribution in [-0.4, -0.2) is 31.5 Å². The van der Waals surface area contributed by atoms with Crippen LogP contribution >= 0.6 is 24.0 Å². The molecule has 0 unspecified atom stereocenters. The number of ether oxygens (including phenoxy) is 1. The number of amides is 1. The van der Waals surface area contributed by atoms with E-state index >= 15 is 0 Å². The molecule has 1 fully saturated rings. The Labute approximate surface area is 124 Å². The van der Waals surface area contributed by atoms with Crippen LogP contribution in [0.2, 0.25) is 5.02 Å². The smallest absolute Gasteiger partial charge is 0.257 e. The lowest BCUT2D eigenvalue weighted by molar-refractivity contribution is 0.0785. The largest absolute Gasteiger partial charge is 0.496 e. The van der Waals surface area contributed by atoms with Gasteiger partial charge in [0.25, 0.3) is 5.91 Å². The van der Waals surface area contributed by atoms with Crippen LogP contribution in [0.15, 0.2) is 12.1 Å². The molecule has 1 aliphatic rings. The predicted octanol–water partition coefficient (Wildman–Crippen LogP) is 2.83. The van der Waals surface area contributed by atoms with Gasteiger partial charge in [-0.3, -0.25) is 4.79 Å². The summed E-state index contributed by atoms with van der Waals surface area (Å²) in [4.78, 5) is 14.0. The Morgan fingerprint density at radius 1 is 1.53 bits per heavy atom. The highest BCUT2D eigenvalue weighted by molar-refractivity contribution is 6.33. The summed E-state index contributed by atoms with van der Waals surface area (Å²) in [6.45, 7) is 0.782. The van der Waals surface area contributed by atoms with Crippen molar-refractivity contribution in [2.45, 2.75) is 12.8 Å². The van der Waals surface area contributed by atoms with Crippen LogP contribution in [0.5, 0.6) is 5.75 Å². The minimum Gasteiger partial charge on any atom is -0.496 e. The first-order valence-corrected chi connectivity index (χ1v) is 6.29. The van der Waals surface area contributed by atoms with Gasteiger partial charge in [-0.05, 0) is 24.8 Å². The summed E-state index contributed by atoms with van der Waals surface area (Å²) in [6, 6.07) is 3.15. The molecular formula is C13H18Cl2N2O2. The summed E-state index contributed by atoms with van der Waals surface area (Å²) in [6.07, 6.45) is 2.41. The van der Waals surface area contributed by atoms with E-state index in [0.717, 1.165) is 6.54 Å². The molecule has 0 heterocycles. The number of hydrogen-bond donors (Lipinski definition) is 1. The van der Waals surface area contributed by atoms with E-state index in [4.69, 9.17) is 22.1 Å². The van der Waals surface area contributed by atoms with Crippen molar-refractivity contribution in [2.75, 3.05) is 26.4 Å². The molecule has 0 aromatic heterocycles. The molecule has 2 N–H and O–H groups in total. The molecule has 2 rings (SSSR count). The maximum Gasteiger partial charge on any atom is 0.257 e. The van der Waals surface area contributed by atoms with Crippen LogP contribution in [0.25, 0.3) is 0 Å². The fraction of sp³-hybridized carbons (Fsp3) is 0.462. The number of hydrogen-bond acceptors (Lipinski definition) is 3.